The van der Waals surface area contributed by atoms with Gasteiger partial charge in [0.2, 0.25) is 0 Å². The smallest absolute Gasteiger partial charge is 0.425 e. The van der Waals surface area contributed by atoms with Gasteiger partial charge >= 0.3 is 12.1 Å². The van der Waals surface area contributed by atoms with Crippen LogP contribution < -0.4 is 10.9 Å². The second-order valence-electron chi connectivity index (χ2n) is 2.65. The molecule has 1 amide bonds. The number of hydrogen-bond donors (Lipinski definition) is 2. The number of pyridine rings is 1. The number of esters is 1. The summed E-state index contributed by atoms with van der Waals surface area (Å²) in [6.45, 7) is 0. The normalized spacial score (nSPS) is 9.12. The molecule has 0 spiro atoms. The number of carbonyl (C=O) groups is 2. The van der Waals surface area contributed by atoms with Crippen LogP contribution in [0.1, 0.15) is 10.4 Å². The summed E-state index contributed by atoms with van der Waals surface area (Å²) in [5.41, 5.74) is 5.28. The molecule has 0 bridgehead atoms. The molecule has 86 valence electrons. The van der Waals surface area contributed by atoms with Gasteiger partial charge in [0.05, 0.1) is 31.7 Å². The van der Waals surface area contributed by atoms with Gasteiger partial charge in [0.15, 0.2) is 0 Å². The van der Waals surface area contributed by atoms with Crippen molar-refractivity contribution in [2.24, 2.45) is 0 Å². The Morgan fingerprint density at radius 3 is 2.69 bits per heavy atom. The Bertz CT molecular complexity index is 394. The predicted octanol–water partition coefficient (Wildman–Crippen LogP) is 0.551. The van der Waals surface area contributed by atoms with Crippen molar-refractivity contribution in [2.45, 2.75) is 0 Å². The molecule has 7 nitrogen and oxygen atoms in total. The molecule has 0 aromatic carbocycles. The van der Waals surface area contributed by atoms with E-state index in [2.05, 4.69) is 25.3 Å². The minimum atomic E-state index is -0.681. The lowest BCUT2D eigenvalue weighted by atomic mass is 10.2. The predicted molar refractivity (Wildman–Crippen MR) is 54.7 cm³/mol. The van der Waals surface area contributed by atoms with Crippen molar-refractivity contribution in [1.82, 2.24) is 10.4 Å². The summed E-state index contributed by atoms with van der Waals surface area (Å²) < 4.78 is 8.91. The van der Waals surface area contributed by atoms with Gasteiger partial charge in [-0.2, -0.15) is 0 Å². The summed E-state index contributed by atoms with van der Waals surface area (Å²) in [5.74, 6) is -0.531. The average molecular weight is 225 g/mol. The molecular weight excluding hydrogens is 214 g/mol. The van der Waals surface area contributed by atoms with Crippen LogP contribution >= 0.6 is 0 Å². The fraction of sp³-hybridized carbons (Fsp3) is 0.222. The number of hydrogen-bond acceptors (Lipinski definition) is 6. The number of carbonyl (C=O) groups excluding carboxylic acids is 2. The SMILES string of the molecule is COC(=O)NNc1cnccc1C(=O)OC. The van der Waals surface area contributed by atoms with E-state index in [9.17, 15) is 9.59 Å². The summed E-state index contributed by atoms with van der Waals surface area (Å²) in [6.07, 6.45) is 2.14. The number of hydrazine groups is 1. The lowest BCUT2D eigenvalue weighted by Crippen LogP contribution is -2.30. The fourth-order valence-corrected chi connectivity index (χ4v) is 0.951. The third-order valence-corrected chi connectivity index (χ3v) is 1.71. The Hall–Kier alpha value is -2.31. The van der Waals surface area contributed by atoms with Crippen LogP contribution in [0.25, 0.3) is 0 Å². The van der Waals surface area contributed by atoms with Crippen molar-refractivity contribution in [3.05, 3.63) is 24.0 Å². The lowest BCUT2D eigenvalue weighted by Gasteiger charge is -2.09. The summed E-state index contributed by atoms with van der Waals surface area (Å²) in [5, 5.41) is 0. The van der Waals surface area contributed by atoms with Gasteiger partial charge in [0.25, 0.3) is 0 Å². The number of rotatable bonds is 3. The van der Waals surface area contributed by atoms with Crippen molar-refractivity contribution in [3.8, 4) is 0 Å². The number of nitrogens with zero attached hydrogens (tertiary/aromatic N) is 1. The lowest BCUT2D eigenvalue weighted by molar-refractivity contribution is 0.0601. The molecule has 0 saturated heterocycles. The first kappa shape index (κ1) is 11.8. The number of ether oxygens (including phenoxy) is 2. The first-order valence-corrected chi connectivity index (χ1v) is 4.31. The standard InChI is InChI=1S/C9H11N3O4/c1-15-8(13)6-3-4-10-5-7(6)11-12-9(14)16-2/h3-5,11H,1-2H3,(H,12,14). The van der Waals surface area contributed by atoms with E-state index >= 15 is 0 Å². The van der Waals surface area contributed by atoms with E-state index < -0.39 is 12.1 Å². The Kier molecular flexibility index (Phi) is 4.07. The van der Waals surface area contributed by atoms with Gasteiger partial charge in [0, 0.05) is 6.20 Å². The summed E-state index contributed by atoms with van der Waals surface area (Å²) in [7, 11) is 2.49. The third kappa shape index (κ3) is 2.84. The molecule has 0 saturated carbocycles. The van der Waals surface area contributed by atoms with Gasteiger partial charge in [-0.3, -0.25) is 10.4 Å². The maximum Gasteiger partial charge on any atom is 0.425 e. The maximum atomic E-state index is 11.3. The van der Waals surface area contributed by atoms with E-state index in [1.807, 2.05) is 0 Å². The minimum absolute atomic E-state index is 0.258. The highest BCUT2D eigenvalue weighted by Crippen LogP contribution is 2.12. The van der Waals surface area contributed by atoms with Gasteiger partial charge in [-0.15, -0.1) is 0 Å². The molecule has 0 aliphatic carbocycles. The number of amides is 1. The Labute approximate surface area is 91.7 Å². The number of aromatic nitrogens is 1. The van der Waals surface area contributed by atoms with Crippen LogP contribution in [0.5, 0.6) is 0 Å². The summed E-state index contributed by atoms with van der Waals surface area (Å²) in [6, 6.07) is 1.47. The van der Waals surface area contributed by atoms with E-state index in [1.165, 1.54) is 32.7 Å². The summed E-state index contributed by atoms with van der Waals surface area (Å²) in [4.78, 5) is 25.9. The third-order valence-electron chi connectivity index (χ3n) is 1.71. The molecule has 1 aromatic rings. The van der Waals surface area contributed by atoms with Crippen LogP contribution in [-0.4, -0.2) is 31.3 Å². The molecule has 0 atom stereocenters. The molecular formula is C9H11N3O4. The monoisotopic (exact) mass is 225 g/mol. The van der Waals surface area contributed by atoms with Crippen molar-refractivity contribution < 1.29 is 19.1 Å². The van der Waals surface area contributed by atoms with Gasteiger partial charge in [-0.05, 0) is 6.07 Å². The van der Waals surface area contributed by atoms with Crippen LogP contribution in [0.15, 0.2) is 18.5 Å². The molecule has 0 unspecified atom stereocenters. The van der Waals surface area contributed by atoms with Crippen molar-refractivity contribution in [1.29, 1.82) is 0 Å². The first-order valence-electron chi connectivity index (χ1n) is 4.31. The zero-order chi connectivity index (χ0) is 12.0. The quantitative estimate of drug-likeness (QED) is 0.576. The molecule has 1 heterocycles. The van der Waals surface area contributed by atoms with Gasteiger partial charge in [-0.1, -0.05) is 0 Å². The van der Waals surface area contributed by atoms with Gasteiger partial charge < -0.3 is 9.47 Å². The average Bonchev–Trinajstić information content (AvgIpc) is 2.35. The van der Waals surface area contributed by atoms with Crippen LogP contribution in [0.4, 0.5) is 10.5 Å². The van der Waals surface area contributed by atoms with Crippen molar-refractivity contribution in [3.63, 3.8) is 0 Å². The summed E-state index contributed by atoms with van der Waals surface area (Å²) >= 11 is 0. The highest BCUT2D eigenvalue weighted by Gasteiger charge is 2.11. The Morgan fingerprint density at radius 1 is 1.31 bits per heavy atom. The van der Waals surface area contributed by atoms with E-state index in [1.54, 1.807) is 0 Å². The van der Waals surface area contributed by atoms with Crippen LogP contribution in [0, 0.1) is 0 Å². The van der Waals surface area contributed by atoms with Gasteiger partial charge in [0.1, 0.15) is 0 Å². The van der Waals surface area contributed by atoms with E-state index in [4.69, 9.17) is 0 Å². The van der Waals surface area contributed by atoms with Crippen molar-refractivity contribution >= 4 is 17.7 Å². The highest BCUT2D eigenvalue weighted by atomic mass is 16.5. The molecule has 0 fully saturated rings. The van der Waals surface area contributed by atoms with E-state index in [-0.39, 0.29) is 5.56 Å². The fourth-order valence-electron chi connectivity index (χ4n) is 0.951. The maximum absolute atomic E-state index is 11.3. The first-order chi connectivity index (χ1) is 7.69. The highest BCUT2D eigenvalue weighted by molar-refractivity contribution is 5.95. The Balaban J connectivity index is 2.79. The molecule has 7 heteroatoms. The Morgan fingerprint density at radius 2 is 2.06 bits per heavy atom. The second-order valence-corrected chi connectivity index (χ2v) is 2.65. The zero-order valence-electron chi connectivity index (χ0n) is 8.81. The number of anilines is 1. The molecule has 0 aliphatic heterocycles. The second kappa shape index (κ2) is 5.54. The molecule has 16 heavy (non-hydrogen) atoms. The molecule has 0 aliphatic rings. The molecule has 1 rings (SSSR count). The molecule has 0 radical (unpaired) electrons. The van der Waals surface area contributed by atoms with E-state index in [0.717, 1.165) is 0 Å². The minimum Gasteiger partial charge on any atom is -0.465 e. The number of methoxy groups -OCH3 is 2. The number of nitrogens with one attached hydrogen (secondary N) is 2. The largest absolute Gasteiger partial charge is 0.465 e. The van der Waals surface area contributed by atoms with E-state index in [0.29, 0.717) is 5.69 Å². The molecule has 2 N–H and O–H groups in total. The van der Waals surface area contributed by atoms with Crippen LogP contribution in [0.3, 0.4) is 0 Å². The zero-order valence-corrected chi connectivity index (χ0v) is 8.81. The van der Waals surface area contributed by atoms with Crippen LogP contribution in [-0.2, 0) is 9.47 Å². The van der Waals surface area contributed by atoms with Crippen molar-refractivity contribution in [2.75, 3.05) is 19.6 Å². The topological polar surface area (TPSA) is 89.5 Å². The van der Waals surface area contributed by atoms with Gasteiger partial charge in [-0.25, -0.2) is 15.0 Å². The van der Waals surface area contributed by atoms with Crippen LogP contribution in [0.2, 0.25) is 0 Å². The molecule has 1 aromatic heterocycles.